The number of methoxy groups -OCH3 is 1. The second kappa shape index (κ2) is 18.0. The first-order valence-electron chi connectivity index (χ1n) is 16.5. The average Bonchev–Trinajstić information content (AvgIpc) is 3.43. The van der Waals surface area contributed by atoms with Crippen molar-refractivity contribution in [2.45, 2.75) is 40.3 Å². The standard InChI is InChI=1S/C38H36BrIN2O10S/c1-6-48-29-18-25(13-14-28(29)51-20-31(43)47-5)33-32(37(46)50-8-3)21(4)41-38-42(33)35(44)30(53-38)17-23-15-26(39)34(27(40)16-23)52-19-22-9-11-24(12-10-22)36(45)49-7-2/h9-18,33H,6-8,19-20H2,1-5H3/b30-17+/t33-/m0/s1. The number of nitrogens with zero attached hydrogens (tertiary/aromatic N) is 2. The van der Waals surface area contributed by atoms with Gasteiger partial charge in [-0.3, -0.25) is 9.36 Å². The Hall–Kier alpha value is -4.48. The maximum Gasteiger partial charge on any atom is 0.343 e. The number of carbonyl (C=O) groups excluding carboxylic acids is 3. The molecule has 0 saturated carbocycles. The number of thiazole rings is 1. The second-order valence-corrected chi connectivity index (χ2v) is 14.4. The van der Waals surface area contributed by atoms with E-state index < -0.39 is 18.0 Å². The van der Waals surface area contributed by atoms with E-state index >= 15 is 0 Å². The van der Waals surface area contributed by atoms with Gasteiger partial charge in [0.1, 0.15) is 12.4 Å². The highest BCUT2D eigenvalue weighted by atomic mass is 127. The lowest BCUT2D eigenvalue weighted by Gasteiger charge is -2.25. The van der Waals surface area contributed by atoms with E-state index in [-0.39, 0.29) is 36.9 Å². The number of ether oxygens (including phenoxy) is 6. The Kier molecular flexibility index (Phi) is 13.5. The smallest absolute Gasteiger partial charge is 0.343 e. The van der Waals surface area contributed by atoms with Crippen LogP contribution < -0.4 is 29.1 Å². The van der Waals surface area contributed by atoms with Gasteiger partial charge in [-0.1, -0.05) is 29.5 Å². The van der Waals surface area contributed by atoms with Crippen molar-refractivity contribution in [3.63, 3.8) is 0 Å². The lowest BCUT2D eigenvalue weighted by Crippen LogP contribution is -2.40. The monoisotopic (exact) mass is 918 g/mol. The van der Waals surface area contributed by atoms with Gasteiger partial charge in [0, 0.05) is 0 Å². The van der Waals surface area contributed by atoms with Gasteiger partial charge in [0.25, 0.3) is 5.56 Å². The zero-order valence-electron chi connectivity index (χ0n) is 29.5. The van der Waals surface area contributed by atoms with Gasteiger partial charge in [-0.05, 0) is 125 Å². The van der Waals surface area contributed by atoms with Crippen LogP contribution in [0.5, 0.6) is 17.2 Å². The first-order chi connectivity index (χ1) is 25.5. The topological polar surface area (TPSA) is 141 Å². The Labute approximate surface area is 331 Å². The van der Waals surface area contributed by atoms with E-state index in [0.29, 0.717) is 61.1 Å². The van der Waals surface area contributed by atoms with Crippen molar-refractivity contribution < 1.29 is 42.8 Å². The third-order valence-electron chi connectivity index (χ3n) is 7.84. The number of allylic oxidation sites excluding steroid dienone is 1. The fraction of sp³-hybridized carbons (Fsp3) is 0.289. The molecule has 1 atom stereocenters. The highest BCUT2D eigenvalue weighted by Crippen LogP contribution is 2.37. The highest BCUT2D eigenvalue weighted by molar-refractivity contribution is 14.1. The number of halogens is 2. The number of benzene rings is 3. The van der Waals surface area contributed by atoms with Crippen molar-refractivity contribution in [3.8, 4) is 17.2 Å². The minimum absolute atomic E-state index is 0.131. The second-order valence-electron chi connectivity index (χ2n) is 11.3. The fourth-order valence-electron chi connectivity index (χ4n) is 5.44. The van der Waals surface area contributed by atoms with Crippen LogP contribution in [0.2, 0.25) is 0 Å². The van der Waals surface area contributed by atoms with Crippen LogP contribution in [0.25, 0.3) is 6.08 Å². The quantitative estimate of drug-likeness (QED) is 0.0857. The van der Waals surface area contributed by atoms with E-state index in [0.717, 1.165) is 14.7 Å². The molecule has 0 amide bonds. The van der Waals surface area contributed by atoms with E-state index in [1.165, 1.54) is 23.0 Å². The Morgan fingerprint density at radius 3 is 2.30 bits per heavy atom. The molecule has 0 radical (unpaired) electrons. The molecule has 2 heterocycles. The molecule has 0 saturated heterocycles. The summed E-state index contributed by atoms with van der Waals surface area (Å²) in [5.41, 5.74) is 2.91. The molecule has 1 aliphatic rings. The maximum atomic E-state index is 14.3. The fourth-order valence-corrected chi connectivity index (χ4v) is 8.26. The van der Waals surface area contributed by atoms with E-state index in [9.17, 15) is 19.2 Å². The molecule has 3 aromatic carbocycles. The summed E-state index contributed by atoms with van der Waals surface area (Å²) >= 11 is 7.01. The Balaban J connectivity index is 1.50. The van der Waals surface area contributed by atoms with Crippen LogP contribution in [-0.2, 0) is 30.4 Å². The van der Waals surface area contributed by atoms with Crippen LogP contribution in [0.1, 0.15) is 60.8 Å². The van der Waals surface area contributed by atoms with Gasteiger partial charge in [0.2, 0.25) is 0 Å². The van der Waals surface area contributed by atoms with Crippen LogP contribution in [0.4, 0.5) is 0 Å². The number of rotatable bonds is 14. The molecule has 0 bridgehead atoms. The van der Waals surface area contributed by atoms with Gasteiger partial charge in [-0.15, -0.1) is 0 Å². The SMILES string of the molecule is CCOC(=O)C1=C(C)N=c2s/c(=C/c3cc(Br)c(OCc4ccc(C(=O)OCC)cc4)c(I)c3)c(=O)n2[C@H]1c1ccc(OCC(=O)OC)c(OCC)c1. The van der Waals surface area contributed by atoms with Crippen LogP contribution >= 0.6 is 49.9 Å². The molecule has 278 valence electrons. The largest absolute Gasteiger partial charge is 0.490 e. The van der Waals surface area contributed by atoms with Crippen molar-refractivity contribution in [2.24, 2.45) is 4.99 Å². The Morgan fingerprint density at radius 1 is 0.925 bits per heavy atom. The molecular formula is C38H36BrIN2O10S. The first kappa shape index (κ1) is 39.7. The van der Waals surface area contributed by atoms with Crippen LogP contribution in [-0.4, -0.2) is 56.0 Å². The molecule has 5 rings (SSSR count). The third kappa shape index (κ3) is 9.19. The van der Waals surface area contributed by atoms with Crippen LogP contribution in [0.15, 0.2) is 80.1 Å². The Bertz CT molecular complexity index is 2220. The van der Waals surface area contributed by atoms with Gasteiger partial charge < -0.3 is 28.4 Å². The van der Waals surface area contributed by atoms with E-state index in [1.54, 1.807) is 64.1 Å². The molecule has 53 heavy (non-hydrogen) atoms. The van der Waals surface area contributed by atoms with E-state index in [2.05, 4.69) is 43.5 Å². The molecule has 0 aliphatic carbocycles. The van der Waals surface area contributed by atoms with Crippen LogP contribution in [0, 0.1) is 3.57 Å². The number of esters is 3. The summed E-state index contributed by atoms with van der Waals surface area (Å²) in [6.45, 7) is 7.65. The van der Waals surface area contributed by atoms with Crippen molar-refractivity contribution in [1.29, 1.82) is 0 Å². The minimum Gasteiger partial charge on any atom is -0.490 e. The van der Waals surface area contributed by atoms with E-state index in [1.807, 2.05) is 24.3 Å². The van der Waals surface area contributed by atoms with Gasteiger partial charge in [0.05, 0.1) is 62.4 Å². The molecule has 1 aliphatic heterocycles. The number of carbonyl (C=O) groups is 3. The molecule has 12 nitrogen and oxygen atoms in total. The van der Waals surface area contributed by atoms with E-state index in [4.69, 9.17) is 28.4 Å². The number of fused-ring (bicyclic) bond motifs is 1. The number of hydrogen-bond donors (Lipinski definition) is 0. The molecule has 0 spiro atoms. The van der Waals surface area contributed by atoms with Crippen LogP contribution in [0.3, 0.4) is 0 Å². The molecule has 0 fully saturated rings. The summed E-state index contributed by atoms with van der Waals surface area (Å²) in [6.07, 6.45) is 1.77. The van der Waals surface area contributed by atoms with Gasteiger partial charge in [0.15, 0.2) is 22.9 Å². The van der Waals surface area contributed by atoms with Gasteiger partial charge in [-0.2, -0.15) is 0 Å². The summed E-state index contributed by atoms with van der Waals surface area (Å²) in [4.78, 5) is 56.5. The first-order valence-corrected chi connectivity index (χ1v) is 19.2. The molecule has 0 unspecified atom stereocenters. The maximum absolute atomic E-state index is 14.3. The van der Waals surface area contributed by atoms with Gasteiger partial charge >= 0.3 is 17.9 Å². The summed E-state index contributed by atoms with van der Waals surface area (Å²) in [5, 5.41) is 0. The zero-order valence-corrected chi connectivity index (χ0v) is 34.1. The number of hydrogen-bond acceptors (Lipinski definition) is 12. The van der Waals surface area contributed by atoms with Crippen molar-refractivity contribution >= 4 is 73.8 Å². The summed E-state index contributed by atoms with van der Waals surface area (Å²) in [6, 6.07) is 14.9. The molecule has 1 aromatic heterocycles. The lowest BCUT2D eigenvalue weighted by molar-refractivity contribution is -0.143. The van der Waals surface area contributed by atoms with Crippen molar-refractivity contribution in [2.75, 3.05) is 33.5 Å². The van der Waals surface area contributed by atoms with Crippen molar-refractivity contribution in [1.82, 2.24) is 4.57 Å². The number of aromatic nitrogens is 1. The summed E-state index contributed by atoms with van der Waals surface area (Å²) in [7, 11) is 1.27. The molecule has 0 N–H and O–H groups in total. The molecular weight excluding hydrogens is 883 g/mol. The predicted molar refractivity (Wildman–Crippen MR) is 209 cm³/mol. The highest BCUT2D eigenvalue weighted by Gasteiger charge is 2.34. The van der Waals surface area contributed by atoms with Crippen molar-refractivity contribution in [3.05, 3.63) is 116 Å². The predicted octanol–water partition coefficient (Wildman–Crippen LogP) is 5.87. The zero-order chi connectivity index (χ0) is 38.2. The molecule has 4 aromatic rings. The Morgan fingerprint density at radius 2 is 1.64 bits per heavy atom. The minimum atomic E-state index is -0.893. The summed E-state index contributed by atoms with van der Waals surface area (Å²) < 4.78 is 36.2. The lowest BCUT2D eigenvalue weighted by atomic mass is 9.95. The van der Waals surface area contributed by atoms with Gasteiger partial charge in [-0.25, -0.2) is 19.4 Å². The summed E-state index contributed by atoms with van der Waals surface area (Å²) in [5.74, 6) is -0.289. The third-order valence-corrected chi connectivity index (χ3v) is 10.2. The normalized spacial score (nSPS) is 13.9. The molecule has 15 heteroatoms. The average molecular weight is 920 g/mol.